The van der Waals surface area contributed by atoms with Gasteiger partial charge in [0.25, 0.3) is 0 Å². The van der Waals surface area contributed by atoms with E-state index >= 15 is 0 Å². The van der Waals surface area contributed by atoms with E-state index in [0.717, 1.165) is 0 Å². The van der Waals surface area contributed by atoms with Crippen molar-refractivity contribution >= 4 is 11.5 Å². The van der Waals surface area contributed by atoms with Crippen LogP contribution in [0.25, 0.3) is 0 Å². The van der Waals surface area contributed by atoms with Crippen LogP contribution in [0, 0.1) is 17.2 Å². The standard InChI is InChI=1S/C15H15N3O2/c1-8-13(9(2)19)14(11(7-16)15(17)18-8)10-5-3-4-6-12(10)20/h3-6,13-14,20H,17H2,1-2H3. The van der Waals surface area contributed by atoms with Gasteiger partial charge in [-0.25, -0.2) is 4.99 Å². The highest BCUT2D eigenvalue weighted by atomic mass is 16.3. The molecule has 20 heavy (non-hydrogen) atoms. The van der Waals surface area contributed by atoms with E-state index in [1.165, 1.54) is 13.0 Å². The number of carbonyl (C=O) groups is 1. The Morgan fingerprint density at radius 2 is 2.10 bits per heavy atom. The first-order chi connectivity index (χ1) is 9.47. The van der Waals surface area contributed by atoms with Crippen molar-refractivity contribution in [2.75, 3.05) is 0 Å². The number of nitrogens with zero attached hydrogens (tertiary/aromatic N) is 2. The Morgan fingerprint density at radius 3 is 2.65 bits per heavy atom. The molecule has 1 aliphatic rings. The summed E-state index contributed by atoms with van der Waals surface area (Å²) in [6.45, 7) is 3.16. The molecule has 0 aliphatic carbocycles. The van der Waals surface area contributed by atoms with Crippen molar-refractivity contribution in [2.45, 2.75) is 19.8 Å². The number of aliphatic imine (C=N–C) groups is 1. The molecule has 2 rings (SSSR count). The molecule has 5 heteroatoms. The summed E-state index contributed by atoms with van der Waals surface area (Å²) in [6, 6.07) is 8.67. The predicted octanol–water partition coefficient (Wildman–Crippen LogP) is 1.85. The molecule has 1 aliphatic heterocycles. The molecule has 0 spiro atoms. The van der Waals surface area contributed by atoms with Crippen molar-refractivity contribution in [1.29, 1.82) is 5.26 Å². The SMILES string of the molecule is CC(=O)C1C(C)=NC(N)=C(C#N)C1c1ccccc1O. The number of benzene rings is 1. The van der Waals surface area contributed by atoms with Crippen molar-refractivity contribution in [3.05, 3.63) is 41.2 Å². The molecule has 0 radical (unpaired) electrons. The van der Waals surface area contributed by atoms with Gasteiger partial charge in [-0.05, 0) is 19.9 Å². The minimum absolute atomic E-state index is 0.0407. The third-order valence-electron chi connectivity index (χ3n) is 3.50. The van der Waals surface area contributed by atoms with Gasteiger partial charge in [-0.3, -0.25) is 4.79 Å². The monoisotopic (exact) mass is 269 g/mol. The van der Waals surface area contributed by atoms with Crippen molar-refractivity contribution in [2.24, 2.45) is 16.6 Å². The Hall–Kier alpha value is -2.61. The van der Waals surface area contributed by atoms with Crippen LogP contribution >= 0.6 is 0 Å². The third kappa shape index (κ3) is 2.16. The van der Waals surface area contributed by atoms with Crippen LogP contribution in [0.3, 0.4) is 0 Å². The van der Waals surface area contributed by atoms with Gasteiger partial charge in [0.05, 0.1) is 17.6 Å². The number of hydrogen-bond donors (Lipinski definition) is 2. The summed E-state index contributed by atoms with van der Waals surface area (Å²) in [5.74, 6) is -1.13. The summed E-state index contributed by atoms with van der Waals surface area (Å²) < 4.78 is 0. The molecule has 0 amide bonds. The van der Waals surface area contributed by atoms with E-state index in [4.69, 9.17) is 5.73 Å². The van der Waals surface area contributed by atoms with Crippen molar-refractivity contribution < 1.29 is 9.90 Å². The molecule has 1 aromatic rings. The normalized spacial score (nSPS) is 22.1. The summed E-state index contributed by atoms with van der Waals surface area (Å²) in [4.78, 5) is 16.0. The van der Waals surface area contributed by atoms with Crippen LogP contribution in [-0.2, 0) is 4.79 Å². The Balaban J connectivity index is 2.68. The van der Waals surface area contributed by atoms with Crippen molar-refractivity contribution in [3.8, 4) is 11.8 Å². The molecule has 3 N–H and O–H groups in total. The predicted molar refractivity (Wildman–Crippen MR) is 75.0 cm³/mol. The van der Waals surface area contributed by atoms with E-state index in [2.05, 4.69) is 4.99 Å². The average Bonchev–Trinajstić information content (AvgIpc) is 2.38. The van der Waals surface area contributed by atoms with Crippen molar-refractivity contribution in [3.63, 3.8) is 0 Å². The number of aromatic hydroxyl groups is 1. The molecule has 0 aromatic heterocycles. The van der Waals surface area contributed by atoms with E-state index < -0.39 is 11.8 Å². The van der Waals surface area contributed by atoms with Crippen molar-refractivity contribution in [1.82, 2.24) is 0 Å². The number of allylic oxidation sites excluding steroid dienone is 1. The fourth-order valence-electron chi connectivity index (χ4n) is 2.63. The maximum absolute atomic E-state index is 11.9. The quantitative estimate of drug-likeness (QED) is 0.855. The summed E-state index contributed by atoms with van der Waals surface area (Å²) >= 11 is 0. The first-order valence-corrected chi connectivity index (χ1v) is 6.20. The van der Waals surface area contributed by atoms with Crippen LogP contribution in [0.2, 0.25) is 0 Å². The lowest BCUT2D eigenvalue weighted by molar-refractivity contribution is -0.119. The molecule has 5 nitrogen and oxygen atoms in total. The summed E-state index contributed by atoms with van der Waals surface area (Å²) in [5.41, 5.74) is 7.09. The topological polar surface area (TPSA) is 99.5 Å². The fourth-order valence-corrected chi connectivity index (χ4v) is 2.63. The number of carbonyl (C=O) groups excluding carboxylic acids is 1. The second kappa shape index (κ2) is 5.17. The molecule has 102 valence electrons. The minimum Gasteiger partial charge on any atom is -0.508 e. The van der Waals surface area contributed by atoms with Gasteiger partial charge in [0.2, 0.25) is 0 Å². The number of phenolic OH excluding ortho intramolecular Hbond substituents is 1. The van der Waals surface area contributed by atoms with E-state index in [1.807, 2.05) is 6.07 Å². The number of nitrogens with two attached hydrogens (primary N) is 1. The van der Waals surface area contributed by atoms with Crippen LogP contribution in [0.15, 0.2) is 40.7 Å². The zero-order valence-corrected chi connectivity index (χ0v) is 11.3. The van der Waals surface area contributed by atoms with E-state index in [1.54, 1.807) is 25.1 Å². The van der Waals surface area contributed by atoms with Gasteiger partial charge >= 0.3 is 0 Å². The Kier molecular flexibility index (Phi) is 3.57. The highest BCUT2D eigenvalue weighted by Gasteiger charge is 2.38. The molecule has 0 fully saturated rings. The Morgan fingerprint density at radius 1 is 1.45 bits per heavy atom. The van der Waals surface area contributed by atoms with Gasteiger partial charge in [-0.15, -0.1) is 0 Å². The van der Waals surface area contributed by atoms with Crippen LogP contribution in [0.1, 0.15) is 25.3 Å². The average molecular weight is 269 g/mol. The highest BCUT2D eigenvalue weighted by molar-refractivity contribution is 6.05. The van der Waals surface area contributed by atoms with Crippen LogP contribution < -0.4 is 5.73 Å². The minimum atomic E-state index is -0.587. The molecular weight excluding hydrogens is 254 g/mol. The largest absolute Gasteiger partial charge is 0.508 e. The molecule has 2 unspecified atom stereocenters. The van der Waals surface area contributed by atoms with E-state index in [9.17, 15) is 15.2 Å². The van der Waals surface area contributed by atoms with Gasteiger partial charge in [-0.2, -0.15) is 5.26 Å². The zero-order chi connectivity index (χ0) is 14.9. The molecule has 1 heterocycles. The summed E-state index contributed by atoms with van der Waals surface area (Å²) in [5, 5.41) is 19.3. The van der Waals surface area contributed by atoms with Gasteiger partial charge in [0, 0.05) is 17.2 Å². The number of ketones is 1. The van der Waals surface area contributed by atoms with Gasteiger partial charge in [0.1, 0.15) is 17.4 Å². The molecule has 0 saturated carbocycles. The zero-order valence-electron chi connectivity index (χ0n) is 11.3. The van der Waals surface area contributed by atoms with Crippen LogP contribution in [0.4, 0.5) is 0 Å². The highest BCUT2D eigenvalue weighted by Crippen LogP contribution is 2.41. The maximum atomic E-state index is 11.9. The Labute approximate surface area is 117 Å². The van der Waals surface area contributed by atoms with E-state index in [0.29, 0.717) is 11.3 Å². The second-order valence-electron chi connectivity index (χ2n) is 4.79. The van der Waals surface area contributed by atoms with Crippen LogP contribution in [-0.4, -0.2) is 16.6 Å². The van der Waals surface area contributed by atoms with Crippen LogP contribution in [0.5, 0.6) is 5.75 Å². The van der Waals surface area contributed by atoms with E-state index in [-0.39, 0.29) is 22.9 Å². The second-order valence-corrected chi connectivity index (χ2v) is 4.79. The smallest absolute Gasteiger partial charge is 0.139 e. The lowest BCUT2D eigenvalue weighted by Crippen LogP contribution is -2.32. The maximum Gasteiger partial charge on any atom is 0.139 e. The number of hydrogen-bond acceptors (Lipinski definition) is 5. The lowest BCUT2D eigenvalue weighted by atomic mass is 9.75. The molecule has 0 bridgehead atoms. The molecule has 2 atom stereocenters. The fraction of sp³-hybridized carbons (Fsp3) is 0.267. The first kappa shape index (κ1) is 13.8. The molecule has 0 saturated heterocycles. The van der Waals surface area contributed by atoms with Gasteiger partial charge in [-0.1, -0.05) is 18.2 Å². The molecular formula is C15H15N3O2. The number of Topliss-reactive ketones (excluding diaryl/α,β-unsaturated/α-hetero) is 1. The number of phenols is 1. The van der Waals surface area contributed by atoms with Gasteiger partial charge < -0.3 is 10.8 Å². The summed E-state index contributed by atoms with van der Waals surface area (Å²) in [7, 11) is 0. The number of rotatable bonds is 2. The summed E-state index contributed by atoms with van der Waals surface area (Å²) in [6.07, 6.45) is 0. The third-order valence-corrected chi connectivity index (χ3v) is 3.50. The number of para-hydroxylation sites is 1. The lowest BCUT2D eigenvalue weighted by Gasteiger charge is -2.29. The first-order valence-electron chi connectivity index (χ1n) is 6.20. The number of nitriles is 1. The Bertz CT molecular complexity index is 668. The van der Waals surface area contributed by atoms with Gasteiger partial charge in [0.15, 0.2) is 0 Å². The molecule has 1 aromatic carbocycles.